The Morgan fingerprint density at radius 1 is 1.12 bits per heavy atom. The highest BCUT2D eigenvalue weighted by Gasteiger charge is 2.19. The summed E-state index contributed by atoms with van der Waals surface area (Å²) in [5.74, 6) is -2.43. The van der Waals surface area contributed by atoms with Crippen LogP contribution in [-0.4, -0.2) is 22.5 Å². The van der Waals surface area contributed by atoms with E-state index in [1.807, 2.05) is 0 Å². The second-order valence-electron chi connectivity index (χ2n) is 5.45. The first kappa shape index (κ1) is 16.8. The normalized spacial score (nSPS) is 12.1. The molecule has 2 aromatic carbocycles. The number of H-pyrrole nitrogens is 1. The molecule has 128 valence electrons. The Hall–Kier alpha value is -3.06. The third-order valence-electron chi connectivity index (χ3n) is 3.78. The summed E-state index contributed by atoms with van der Waals surface area (Å²) in [6.07, 6.45) is -1.56. The number of nitrogens with one attached hydrogen (secondary N) is 2. The van der Waals surface area contributed by atoms with Crippen LogP contribution in [0.3, 0.4) is 0 Å². The Balaban J connectivity index is 1.83. The van der Waals surface area contributed by atoms with Crippen LogP contribution >= 0.6 is 0 Å². The van der Waals surface area contributed by atoms with Gasteiger partial charge in [0.25, 0.3) is 5.91 Å². The number of carbonyl (C=O) groups is 1. The number of hydrogen-bond donors (Lipinski definition) is 3. The smallest absolute Gasteiger partial charge is 0.252 e. The number of rotatable bonds is 4. The summed E-state index contributed by atoms with van der Waals surface area (Å²) in [4.78, 5) is 26.6. The van der Waals surface area contributed by atoms with Gasteiger partial charge in [0.1, 0.15) is 17.7 Å². The zero-order valence-electron chi connectivity index (χ0n) is 12.9. The number of halogens is 2. The molecule has 0 saturated carbocycles. The van der Waals surface area contributed by atoms with Gasteiger partial charge in [0.2, 0.25) is 5.56 Å². The Labute approximate surface area is 140 Å². The van der Waals surface area contributed by atoms with E-state index in [9.17, 15) is 23.5 Å². The molecule has 3 aromatic rings. The fourth-order valence-electron chi connectivity index (χ4n) is 2.61. The number of benzene rings is 2. The third kappa shape index (κ3) is 3.41. The Morgan fingerprint density at radius 3 is 2.52 bits per heavy atom. The predicted molar refractivity (Wildman–Crippen MR) is 88.2 cm³/mol. The highest BCUT2D eigenvalue weighted by Crippen LogP contribution is 2.20. The maximum Gasteiger partial charge on any atom is 0.252 e. The van der Waals surface area contributed by atoms with Crippen LogP contribution in [0.15, 0.2) is 53.3 Å². The van der Waals surface area contributed by atoms with Gasteiger partial charge in [-0.15, -0.1) is 0 Å². The van der Waals surface area contributed by atoms with Gasteiger partial charge in [0.05, 0.1) is 11.1 Å². The molecular weight excluding hydrogens is 330 g/mol. The molecule has 5 nitrogen and oxygen atoms in total. The van der Waals surface area contributed by atoms with Gasteiger partial charge in [-0.05, 0) is 18.2 Å². The van der Waals surface area contributed by atoms with E-state index in [2.05, 4.69) is 10.3 Å². The molecule has 1 aromatic heterocycles. The lowest BCUT2D eigenvalue weighted by Gasteiger charge is -2.14. The number of para-hydroxylation sites is 1. The van der Waals surface area contributed by atoms with Crippen LogP contribution in [0.25, 0.3) is 10.9 Å². The zero-order chi connectivity index (χ0) is 18.0. The maximum absolute atomic E-state index is 13.7. The van der Waals surface area contributed by atoms with E-state index in [1.54, 1.807) is 24.3 Å². The summed E-state index contributed by atoms with van der Waals surface area (Å²) >= 11 is 0. The van der Waals surface area contributed by atoms with E-state index in [4.69, 9.17) is 0 Å². The monoisotopic (exact) mass is 344 g/mol. The first-order chi connectivity index (χ1) is 12.0. The molecular formula is C18H14F2N2O3. The summed E-state index contributed by atoms with van der Waals surface area (Å²) < 4.78 is 27.3. The standard InChI is InChI=1S/C18H14F2N2O3/c19-12-5-3-6-13(20)17(12)15(23)9-21-18(25)11-8-16(24)22-14-7-2-1-4-10(11)14/h1-8,15,23H,9H2,(H,21,25)(H,22,24). The molecule has 0 radical (unpaired) electrons. The lowest BCUT2D eigenvalue weighted by molar-refractivity contribution is 0.0913. The number of hydrogen-bond acceptors (Lipinski definition) is 3. The van der Waals surface area contributed by atoms with Gasteiger partial charge in [0.15, 0.2) is 0 Å². The Morgan fingerprint density at radius 2 is 1.80 bits per heavy atom. The second kappa shape index (κ2) is 6.82. The molecule has 25 heavy (non-hydrogen) atoms. The van der Waals surface area contributed by atoms with Crippen LogP contribution in [0, 0.1) is 11.6 Å². The topological polar surface area (TPSA) is 82.2 Å². The van der Waals surface area contributed by atoms with E-state index >= 15 is 0 Å². The number of aromatic nitrogens is 1. The number of pyridine rings is 1. The first-order valence-corrected chi connectivity index (χ1v) is 7.49. The number of aromatic amines is 1. The second-order valence-corrected chi connectivity index (χ2v) is 5.45. The summed E-state index contributed by atoms with van der Waals surface area (Å²) in [5.41, 5.74) is -0.371. The van der Waals surface area contributed by atoms with Gasteiger partial charge in [-0.2, -0.15) is 0 Å². The molecule has 1 atom stereocenters. The minimum Gasteiger partial charge on any atom is -0.386 e. The summed E-state index contributed by atoms with van der Waals surface area (Å²) in [6, 6.07) is 11.1. The number of amides is 1. The molecule has 1 amide bonds. The van der Waals surface area contributed by atoms with Crippen LogP contribution in [0.4, 0.5) is 8.78 Å². The van der Waals surface area contributed by atoms with Gasteiger partial charge in [-0.25, -0.2) is 8.78 Å². The van der Waals surface area contributed by atoms with Gasteiger partial charge in [-0.1, -0.05) is 24.3 Å². The summed E-state index contributed by atoms with van der Waals surface area (Å²) in [5, 5.41) is 12.9. The fourth-order valence-corrected chi connectivity index (χ4v) is 2.61. The van der Waals surface area contributed by atoms with E-state index in [1.165, 1.54) is 6.07 Å². The van der Waals surface area contributed by atoms with Gasteiger partial charge >= 0.3 is 0 Å². The van der Waals surface area contributed by atoms with Crippen LogP contribution < -0.4 is 10.9 Å². The van der Waals surface area contributed by atoms with Gasteiger partial charge in [0, 0.05) is 23.5 Å². The number of aliphatic hydroxyl groups excluding tert-OH is 1. The van der Waals surface area contributed by atoms with Crippen molar-refractivity contribution >= 4 is 16.8 Å². The quantitative estimate of drug-likeness (QED) is 0.679. The van der Waals surface area contributed by atoms with Crippen molar-refractivity contribution < 1.29 is 18.7 Å². The first-order valence-electron chi connectivity index (χ1n) is 7.49. The minimum atomic E-state index is -1.56. The van der Waals surface area contributed by atoms with Crippen LogP contribution in [-0.2, 0) is 0 Å². The molecule has 0 bridgehead atoms. The van der Waals surface area contributed by atoms with Crippen LogP contribution in [0.1, 0.15) is 22.0 Å². The number of fused-ring (bicyclic) bond motifs is 1. The average molecular weight is 344 g/mol. The zero-order valence-corrected chi connectivity index (χ0v) is 12.9. The molecule has 3 rings (SSSR count). The van der Waals surface area contributed by atoms with Crippen molar-refractivity contribution in [1.82, 2.24) is 10.3 Å². The maximum atomic E-state index is 13.7. The van der Waals surface area contributed by atoms with Crippen molar-refractivity contribution in [3.8, 4) is 0 Å². The molecule has 0 saturated heterocycles. The SMILES string of the molecule is O=C(NCC(O)c1c(F)cccc1F)c1cc(=O)[nH]c2ccccc12. The van der Waals surface area contributed by atoms with Gasteiger partial charge < -0.3 is 15.4 Å². The molecule has 1 heterocycles. The number of carbonyl (C=O) groups excluding carboxylic acids is 1. The van der Waals surface area contributed by atoms with Crippen LogP contribution in [0.2, 0.25) is 0 Å². The minimum absolute atomic E-state index is 0.112. The average Bonchev–Trinajstić information content (AvgIpc) is 2.58. The highest BCUT2D eigenvalue weighted by atomic mass is 19.1. The summed E-state index contributed by atoms with van der Waals surface area (Å²) in [7, 11) is 0. The lowest BCUT2D eigenvalue weighted by atomic mass is 10.1. The molecule has 0 fully saturated rings. The van der Waals surface area contributed by atoms with Crippen molar-refractivity contribution in [1.29, 1.82) is 0 Å². The predicted octanol–water partition coefficient (Wildman–Crippen LogP) is 2.27. The molecule has 0 aliphatic carbocycles. The van der Waals surface area contributed by atoms with E-state index < -0.39 is 41.3 Å². The van der Waals surface area contributed by atoms with Crippen molar-refractivity contribution in [2.75, 3.05) is 6.54 Å². The molecule has 3 N–H and O–H groups in total. The van der Waals surface area contributed by atoms with Gasteiger partial charge in [-0.3, -0.25) is 9.59 Å². The van der Waals surface area contributed by atoms with Crippen molar-refractivity contribution in [2.45, 2.75) is 6.10 Å². The van der Waals surface area contributed by atoms with Crippen molar-refractivity contribution in [3.05, 3.63) is 81.6 Å². The van der Waals surface area contributed by atoms with E-state index in [0.29, 0.717) is 10.9 Å². The molecule has 7 heteroatoms. The highest BCUT2D eigenvalue weighted by molar-refractivity contribution is 6.05. The third-order valence-corrected chi connectivity index (χ3v) is 3.78. The van der Waals surface area contributed by atoms with E-state index in [0.717, 1.165) is 18.2 Å². The largest absolute Gasteiger partial charge is 0.386 e. The molecule has 0 aliphatic heterocycles. The van der Waals surface area contributed by atoms with E-state index in [-0.39, 0.29) is 5.56 Å². The molecule has 1 unspecified atom stereocenters. The Bertz CT molecular complexity index is 981. The molecule has 0 aliphatic rings. The number of aliphatic hydroxyl groups is 1. The molecule has 0 spiro atoms. The van der Waals surface area contributed by atoms with Crippen molar-refractivity contribution in [3.63, 3.8) is 0 Å². The van der Waals surface area contributed by atoms with Crippen molar-refractivity contribution in [2.24, 2.45) is 0 Å². The lowest BCUT2D eigenvalue weighted by Crippen LogP contribution is -2.30. The summed E-state index contributed by atoms with van der Waals surface area (Å²) in [6.45, 7) is -0.405. The fraction of sp³-hybridized carbons (Fsp3) is 0.111. The van der Waals surface area contributed by atoms with Crippen LogP contribution in [0.5, 0.6) is 0 Å². The Kier molecular flexibility index (Phi) is 4.58.